The Bertz CT molecular complexity index is 517. The van der Waals surface area contributed by atoms with Crippen LogP contribution < -0.4 is 4.74 Å². The highest BCUT2D eigenvalue weighted by molar-refractivity contribution is 5.64. The van der Waals surface area contributed by atoms with E-state index in [1.54, 1.807) is 7.11 Å². The first-order valence-corrected chi connectivity index (χ1v) is 7.16. The van der Waals surface area contributed by atoms with Gasteiger partial charge in [-0.15, -0.1) is 0 Å². The van der Waals surface area contributed by atoms with Crippen molar-refractivity contribution in [3.8, 4) is 16.9 Å². The normalized spacial score (nSPS) is 10.6. The number of aryl methyl sites for hydroxylation is 1. The average molecular weight is 286 g/mol. The number of rotatable bonds is 8. The molecule has 0 unspecified atom stereocenters. The molecule has 0 aliphatic rings. The van der Waals surface area contributed by atoms with E-state index in [1.807, 2.05) is 12.1 Å². The second-order valence-corrected chi connectivity index (χ2v) is 4.84. The number of benzene rings is 2. The fourth-order valence-electron chi connectivity index (χ4n) is 1.95. The topological polar surface area (TPSA) is 27.7 Å². The van der Waals surface area contributed by atoms with Gasteiger partial charge in [0.05, 0.1) is 19.8 Å². The molecule has 3 nitrogen and oxygen atoms in total. The molecule has 0 spiro atoms. The van der Waals surface area contributed by atoms with Gasteiger partial charge in [0, 0.05) is 7.11 Å². The van der Waals surface area contributed by atoms with Crippen LogP contribution in [0.25, 0.3) is 11.1 Å². The number of hydrogen-bond acceptors (Lipinski definition) is 3. The summed E-state index contributed by atoms with van der Waals surface area (Å²) in [6, 6.07) is 16.6. The third-order valence-electron chi connectivity index (χ3n) is 3.17. The van der Waals surface area contributed by atoms with Crippen LogP contribution >= 0.6 is 0 Å². The van der Waals surface area contributed by atoms with Crippen LogP contribution in [0.4, 0.5) is 0 Å². The van der Waals surface area contributed by atoms with Crippen LogP contribution in [0.3, 0.4) is 0 Å². The van der Waals surface area contributed by atoms with Crippen LogP contribution in [0.5, 0.6) is 5.75 Å². The summed E-state index contributed by atoms with van der Waals surface area (Å²) in [7, 11) is 1.66. The summed E-state index contributed by atoms with van der Waals surface area (Å²) in [5.41, 5.74) is 3.68. The molecule has 0 fully saturated rings. The molecule has 0 aromatic heterocycles. The molecule has 0 atom stereocenters. The molecule has 2 aromatic carbocycles. The maximum absolute atomic E-state index is 5.63. The maximum atomic E-state index is 5.63. The highest BCUT2D eigenvalue weighted by atomic mass is 16.5. The maximum Gasteiger partial charge on any atom is 0.119 e. The van der Waals surface area contributed by atoms with Crippen molar-refractivity contribution in [1.29, 1.82) is 0 Å². The number of ether oxygens (including phenoxy) is 3. The van der Waals surface area contributed by atoms with Gasteiger partial charge in [0.2, 0.25) is 0 Å². The van der Waals surface area contributed by atoms with Gasteiger partial charge in [-0.25, -0.2) is 0 Å². The SMILES string of the molecule is COCCOCCOc1ccc(-c2ccc(C)cc2)cc1. The van der Waals surface area contributed by atoms with Crippen LogP contribution in [0.15, 0.2) is 48.5 Å². The lowest BCUT2D eigenvalue weighted by molar-refractivity contribution is 0.0544. The minimum Gasteiger partial charge on any atom is -0.491 e. The minimum absolute atomic E-state index is 0.549. The van der Waals surface area contributed by atoms with Crippen molar-refractivity contribution in [2.45, 2.75) is 6.92 Å². The van der Waals surface area contributed by atoms with E-state index in [0.29, 0.717) is 26.4 Å². The smallest absolute Gasteiger partial charge is 0.119 e. The largest absolute Gasteiger partial charge is 0.491 e. The van der Waals surface area contributed by atoms with Gasteiger partial charge in [-0.3, -0.25) is 0 Å². The minimum atomic E-state index is 0.549. The molecule has 0 N–H and O–H groups in total. The summed E-state index contributed by atoms with van der Waals surface area (Å²) in [5.74, 6) is 0.862. The van der Waals surface area contributed by atoms with Crippen LogP contribution in [0.1, 0.15) is 5.56 Å². The molecular formula is C18H22O3. The zero-order valence-corrected chi connectivity index (χ0v) is 12.7. The van der Waals surface area contributed by atoms with Gasteiger partial charge in [0.15, 0.2) is 0 Å². The Morgan fingerprint density at radius 3 is 1.90 bits per heavy atom. The Morgan fingerprint density at radius 1 is 0.714 bits per heavy atom. The molecule has 0 aliphatic heterocycles. The van der Waals surface area contributed by atoms with Crippen molar-refractivity contribution >= 4 is 0 Å². The van der Waals surface area contributed by atoms with Crippen LogP contribution in [-0.4, -0.2) is 33.5 Å². The van der Waals surface area contributed by atoms with Gasteiger partial charge in [0.25, 0.3) is 0 Å². The van der Waals surface area contributed by atoms with E-state index in [4.69, 9.17) is 14.2 Å². The Morgan fingerprint density at radius 2 is 1.29 bits per heavy atom. The number of hydrogen-bond donors (Lipinski definition) is 0. The van der Waals surface area contributed by atoms with Gasteiger partial charge in [-0.1, -0.05) is 42.0 Å². The lowest BCUT2D eigenvalue weighted by atomic mass is 10.0. The van der Waals surface area contributed by atoms with E-state index in [1.165, 1.54) is 16.7 Å². The standard InChI is InChI=1S/C18H22O3/c1-15-3-5-16(6-4-15)17-7-9-18(10-8-17)21-14-13-20-12-11-19-2/h3-10H,11-14H2,1-2H3. The van der Waals surface area contributed by atoms with Crippen molar-refractivity contribution in [2.24, 2.45) is 0 Å². The molecule has 0 amide bonds. The molecule has 2 rings (SSSR count). The summed E-state index contributed by atoms with van der Waals surface area (Å²) in [5, 5.41) is 0. The predicted octanol–water partition coefficient (Wildman–Crippen LogP) is 3.70. The van der Waals surface area contributed by atoms with E-state index in [9.17, 15) is 0 Å². The summed E-state index contributed by atoms with van der Waals surface area (Å²) >= 11 is 0. The van der Waals surface area contributed by atoms with E-state index in [0.717, 1.165) is 5.75 Å². The first-order chi connectivity index (χ1) is 10.3. The Kier molecular flexibility index (Phi) is 6.25. The van der Waals surface area contributed by atoms with Crippen molar-refractivity contribution < 1.29 is 14.2 Å². The highest BCUT2D eigenvalue weighted by Gasteiger charge is 1.99. The first-order valence-electron chi connectivity index (χ1n) is 7.16. The molecule has 0 aliphatic carbocycles. The monoisotopic (exact) mass is 286 g/mol. The van der Waals surface area contributed by atoms with E-state index < -0.39 is 0 Å². The van der Waals surface area contributed by atoms with Crippen molar-refractivity contribution in [2.75, 3.05) is 33.5 Å². The molecule has 21 heavy (non-hydrogen) atoms. The van der Waals surface area contributed by atoms with Crippen molar-refractivity contribution in [3.63, 3.8) is 0 Å². The zero-order valence-electron chi connectivity index (χ0n) is 12.7. The van der Waals surface area contributed by atoms with Crippen LogP contribution in [-0.2, 0) is 9.47 Å². The van der Waals surface area contributed by atoms with Gasteiger partial charge in [-0.05, 0) is 30.2 Å². The highest BCUT2D eigenvalue weighted by Crippen LogP contribution is 2.22. The fraction of sp³-hybridized carbons (Fsp3) is 0.333. The Balaban J connectivity index is 1.80. The van der Waals surface area contributed by atoms with Crippen molar-refractivity contribution in [3.05, 3.63) is 54.1 Å². The lowest BCUT2D eigenvalue weighted by Gasteiger charge is -2.08. The second-order valence-electron chi connectivity index (χ2n) is 4.84. The molecule has 0 saturated carbocycles. The van der Waals surface area contributed by atoms with E-state index >= 15 is 0 Å². The molecule has 0 heterocycles. The van der Waals surface area contributed by atoms with E-state index in [2.05, 4.69) is 43.3 Å². The van der Waals surface area contributed by atoms with Gasteiger partial charge < -0.3 is 14.2 Å². The van der Waals surface area contributed by atoms with Gasteiger partial charge in [-0.2, -0.15) is 0 Å². The molecule has 2 aromatic rings. The predicted molar refractivity (Wildman–Crippen MR) is 84.8 cm³/mol. The molecule has 3 heteroatoms. The summed E-state index contributed by atoms with van der Waals surface area (Å²) in [6.07, 6.45) is 0. The van der Waals surface area contributed by atoms with Gasteiger partial charge in [0.1, 0.15) is 12.4 Å². The molecule has 0 bridgehead atoms. The summed E-state index contributed by atoms with van der Waals surface area (Å²) in [4.78, 5) is 0. The lowest BCUT2D eigenvalue weighted by Crippen LogP contribution is -2.09. The first kappa shape index (κ1) is 15.5. The fourth-order valence-corrected chi connectivity index (χ4v) is 1.95. The summed E-state index contributed by atoms with van der Waals surface area (Å²) in [6.45, 7) is 4.43. The van der Waals surface area contributed by atoms with Crippen molar-refractivity contribution in [1.82, 2.24) is 0 Å². The molecular weight excluding hydrogens is 264 g/mol. The number of methoxy groups -OCH3 is 1. The van der Waals surface area contributed by atoms with Crippen LogP contribution in [0, 0.1) is 6.92 Å². The third kappa shape index (κ3) is 5.21. The van der Waals surface area contributed by atoms with Gasteiger partial charge >= 0.3 is 0 Å². The zero-order chi connectivity index (χ0) is 14.9. The molecule has 0 radical (unpaired) electrons. The van der Waals surface area contributed by atoms with Crippen LogP contribution in [0.2, 0.25) is 0 Å². The second kappa shape index (κ2) is 8.45. The Labute approximate surface area is 126 Å². The molecule has 112 valence electrons. The summed E-state index contributed by atoms with van der Waals surface area (Å²) < 4.78 is 15.9. The quantitative estimate of drug-likeness (QED) is 0.692. The average Bonchev–Trinajstić information content (AvgIpc) is 2.52. The van der Waals surface area contributed by atoms with E-state index in [-0.39, 0.29) is 0 Å². The third-order valence-corrected chi connectivity index (χ3v) is 3.17. The Hall–Kier alpha value is -1.84. The molecule has 0 saturated heterocycles.